The molecule has 0 saturated carbocycles. The van der Waals surface area contributed by atoms with Gasteiger partial charge in [-0.25, -0.2) is 0 Å². The minimum atomic E-state index is -0.628. The van der Waals surface area contributed by atoms with Gasteiger partial charge in [0, 0.05) is 18.2 Å². The molecule has 0 bridgehead atoms. The number of nitriles is 1. The van der Waals surface area contributed by atoms with Crippen LogP contribution < -0.4 is 0 Å². The van der Waals surface area contributed by atoms with E-state index in [2.05, 4.69) is 0 Å². The second-order valence-corrected chi connectivity index (χ2v) is 2.67. The Labute approximate surface area is 69.7 Å². The van der Waals surface area contributed by atoms with E-state index >= 15 is 0 Å². The summed E-state index contributed by atoms with van der Waals surface area (Å²) >= 11 is 10.9. The summed E-state index contributed by atoms with van der Waals surface area (Å²) in [4.78, 5) is 10.1. The Hall–Kier alpha value is -0.260. The van der Waals surface area contributed by atoms with Crippen molar-refractivity contribution in [3.63, 3.8) is 0 Å². The Morgan fingerprint density at radius 2 is 2.30 bits per heavy atom. The fraction of sp³-hybridized carbons (Fsp3) is 0.667. The van der Waals surface area contributed by atoms with Gasteiger partial charge in [0.25, 0.3) is 0 Å². The van der Waals surface area contributed by atoms with Crippen LogP contribution in [0.1, 0.15) is 6.42 Å². The molecule has 0 aliphatic heterocycles. The van der Waals surface area contributed by atoms with Crippen LogP contribution in [0.3, 0.4) is 0 Å². The maximum Gasteiger partial charge on any atom is 0.138 e. The first-order valence-corrected chi connectivity index (χ1v) is 3.75. The molecule has 0 rings (SSSR count). The second kappa shape index (κ2) is 5.52. The first-order valence-electron chi connectivity index (χ1n) is 2.78. The van der Waals surface area contributed by atoms with Crippen LogP contribution in [0.2, 0.25) is 0 Å². The number of rotatable bonds is 4. The lowest BCUT2D eigenvalue weighted by atomic mass is 10.1. The van der Waals surface area contributed by atoms with Gasteiger partial charge < -0.3 is 4.79 Å². The molecule has 0 aliphatic rings. The molecule has 0 saturated heterocycles. The van der Waals surface area contributed by atoms with Gasteiger partial charge in [-0.05, 0) is 0 Å². The zero-order valence-electron chi connectivity index (χ0n) is 5.26. The molecule has 10 heavy (non-hydrogen) atoms. The minimum absolute atomic E-state index is 0.217. The molecular weight excluding hydrogens is 173 g/mol. The molecule has 0 aromatic rings. The molecule has 56 valence electrons. The van der Waals surface area contributed by atoms with Gasteiger partial charge in [0.1, 0.15) is 6.29 Å². The number of carbonyl (C=O) groups is 1. The fourth-order valence-electron chi connectivity index (χ4n) is 0.481. The molecule has 2 unspecified atom stereocenters. The van der Waals surface area contributed by atoms with Crippen molar-refractivity contribution in [2.45, 2.75) is 11.8 Å². The first-order chi connectivity index (χ1) is 4.76. The van der Waals surface area contributed by atoms with Crippen LogP contribution in [0.15, 0.2) is 0 Å². The van der Waals surface area contributed by atoms with Crippen LogP contribution in [-0.2, 0) is 4.79 Å². The molecule has 2 atom stereocenters. The van der Waals surface area contributed by atoms with Crippen molar-refractivity contribution in [3.8, 4) is 6.07 Å². The van der Waals surface area contributed by atoms with E-state index in [0.717, 1.165) is 0 Å². The summed E-state index contributed by atoms with van der Waals surface area (Å²) in [5.74, 6) is 0.0336. The molecule has 0 aromatic heterocycles. The van der Waals surface area contributed by atoms with Crippen molar-refractivity contribution >= 4 is 29.5 Å². The number of alkyl halides is 2. The number of carbonyl (C=O) groups excluding carboxylic acids is 1. The maximum absolute atomic E-state index is 10.1. The van der Waals surface area contributed by atoms with Crippen molar-refractivity contribution in [3.05, 3.63) is 0 Å². The highest BCUT2D eigenvalue weighted by Gasteiger charge is 2.16. The van der Waals surface area contributed by atoms with E-state index in [1.165, 1.54) is 0 Å². The number of nitrogens with zero attached hydrogens (tertiary/aromatic N) is 1. The van der Waals surface area contributed by atoms with Gasteiger partial charge in [0.2, 0.25) is 0 Å². The molecule has 0 heterocycles. The highest BCUT2D eigenvalue weighted by molar-refractivity contribution is 6.28. The highest BCUT2D eigenvalue weighted by atomic mass is 35.5. The van der Waals surface area contributed by atoms with E-state index in [1.54, 1.807) is 0 Å². The standard InChI is InChI=1S/C6H7Cl2NO/c7-3-5(1-2-9)6(8)4-10/h4-6H,1,3H2. The van der Waals surface area contributed by atoms with Crippen molar-refractivity contribution in [1.82, 2.24) is 0 Å². The molecule has 0 amide bonds. The van der Waals surface area contributed by atoms with Crippen LogP contribution in [0.4, 0.5) is 0 Å². The van der Waals surface area contributed by atoms with Crippen LogP contribution in [0, 0.1) is 17.2 Å². The summed E-state index contributed by atoms with van der Waals surface area (Å²) in [5.41, 5.74) is 0. The fourth-order valence-corrected chi connectivity index (χ4v) is 1.05. The van der Waals surface area contributed by atoms with Gasteiger partial charge in [0.05, 0.1) is 11.4 Å². The van der Waals surface area contributed by atoms with E-state index in [4.69, 9.17) is 28.5 Å². The van der Waals surface area contributed by atoms with Crippen molar-refractivity contribution in [2.75, 3.05) is 5.88 Å². The van der Waals surface area contributed by atoms with E-state index in [1.807, 2.05) is 6.07 Å². The van der Waals surface area contributed by atoms with Gasteiger partial charge in [-0.2, -0.15) is 5.26 Å². The van der Waals surface area contributed by atoms with Crippen LogP contribution >= 0.6 is 23.2 Å². The lowest BCUT2D eigenvalue weighted by molar-refractivity contribution is -0.108. The topological polar surface area (TPSA) is 40.9 Å². The first kappa shape index (κ1) is 9.74. The number of aldehydes is 1. The predicted molar refractivity (Wildman–Crippen MR) is 40.1 cm³/mol. The molecule has 0 fully saturated rings. The summed E-state index contributed by atoms with van der Waals surface area (Å²) in [6, 6.07) is 1.91. The summed E-state index contributed by atoms with van der Waals surface area (Å²) < 4.78 is 0. The number of hydrogen-bond donors (Lipinski definition) is 0. The normalized spacial score (nSPS) is 15.3. The molecular formula is C6H7Cl2NO. The summed E-state index contributed by atoms with van der Waals surface area (Å²) in [6.45, 7) is 0. The molecule has 0 aliphatic carbocycles. The zero-order valence-corrected chi connectivity index (χ0v) is 6.77. The molecule has 0 radical (unpaired) electrons. The van der Waals surface area contributed by atoms with Gasteiger partial charge in [-0.3, -0.25) is 0 Å². The lowest BCUT2D eigenvalue weighted by Gasteiger charge is -2.09. The summed E-state index contributed by atoms with van der Waals surface area (Å²) in [5, 5.41) is 7.60. The smallest absolute Gasteiger partial charge is 0.138 e. The van der Waals surface area contributed by atoms with Crippen LogP contribution in [0.5, 0.6) is 0 Å². The Bertz CT molecular complexity index is 143. The predicted octanol–water partition coefficient (Wildman–Crippen LogP) is 1.56. The summed E-state index contributed by atoms with van der Waals surface area (Å²) in [7, 11) is 0. The second-order valence-electron chi connectivity index (χ2n) is 1.86. The SMILES string of the molecule is N#CCC(CCl)C(Cl)C=O. The van der Waals surface area contributed by atoms with E-state index in [-0.39, 0.29) is 18.2 Å². The molecule has 4 heteroatoms. The quantitative estimate of drug-likeness (QED) is 0.486. The summed E-state index contributed by atoms with van der Waals surface area (Å²) in [6.07, 6.45) is 0.836. The van der Waals surface area contributed by atoms with Gasteiger partial charge in [-0.15, -0.1) is 23.2 Å². The van der Waals surface area contributed by atoms with E-state index in [0.29, 0.717) is 6.29 Å². The van der Waals surface area contributed by atoms with Gasteiger partial charge in [0.15, 0.2) is 0 Å². The van der Waals surface area contributed by atoms with Crippen molar-refractivity contribution < 1.29 is 4.79 Å². The Morgan fingerprint density at radius 3 is 2.60 bits per heavy atom. The largest absolute Gasteiger partial charge is 0.302 e. The van der Waals surface area contributed by atoms with E-state index < -0.39 is 5.38 Å². The lowest BCUT2D eigenvalue weighted by Crippen LogP contribution is -2.17. The molecule has 2 nitrogen and oxygen atoms in total. The zero-order chi connectivity index (χ0) is 7.98. The Kier molecular flexibility index (Phi) is 5.38. The number of hydrogen-bond acceptors (Lipinski definition) is 2. The average Bonchev–Trinajstić information content (AvgIpc) is 1.99. The molecule has 0 N–H and O–H groups in total. The van der Waals surface area contributed by atoms with E-state index in [9.17, 15) is 4.79 Å². The minimum Gasteiger partial charge on any atom is -0.302 e. The Morgan fingerprint density at radius 1 is 1.70 bits per heavy atom. The van der Waals surface area contributed by atoms with Crippen LogP contribution in [-0.4, -0.2) is 17.5 Å². The molecule has 0 aromatic carbocycles. The molecule has 0 spiro atoms. The monoisotopic (exact) mass is 179 g/mol. The van der Waals surface area contributed by atoms with Gasteiger partial charge >= 0.3 is 0 Å². The average molecular weight is 180 g/mol. The van der Waals surface area contributed by atoms with Crippen molar-refractivity contribution in [1.29, 1.82) is 5.26 Å². The third kappa shape index (κ3) is 3.05. The third-order valence-electron chi connectivity index (χ3n) is 1.13. The number of halogens is 2. The third-order valence-corrected chi connectivity index (χ3v) is 1.99. The van der Waals surface area contributed by atoms with Gasteiger partial charge in [-0.1, -0.05) is 0 Å². The Balaban J connectivity index is 3.81. The van der Waals surface area contributed by atoms with Crippen molar-refractivity contribution in [2.24, 2.45) is 5.92 Å². The van der Waals surface area contributed by atoms with Crippen LogP contribution in [0.25, 0.3) is 0 Å². The maximum atomic E-state index is 10.1. The highest BCUT2D eigenvalue weighted by Crippen LogP contribution is 2.13.